The van der Waals surface area contributed by atoms with Crippen LogP contribution in [0.3, 0.4) is 0 Å². The average Bonchev–Trinajstić information content (AvgIpc) is 1.90. The summed E-state index contributed by atoms with van der Waals surface area (Å²) in [4.78, 5) is 0. The summed E-state index contributed by atoms with van der Waals surface area (Å²) in [5.74, 6) is 0. The molecule has 0 bridgehead atoms. The zero-order valence-corrected chi connectivity index (χ0v) is 10.8. The van der Waals surface area contributed by atoms with Crippen LogP contribution in [0.1, 0.15) is 40.0 Å². The maximum Gasteiger partial charge on any atom is 1.00 e. The molecule has 0 nitrogen and oxygen atoms in total. The van der Waals surface area contributed by atoms with E-state index in [0.29, 0.717) is 0 Å². The third kappa shape index (κ3) is 8.98. The summed E-state index contributed by atoms with van der Waals surface area (Å²) in [5, 5.41) is 0. The molecule has 61 valence electrons. The van der Waals surface area contributed by atoms with Gasteiger partial charge in [-0.3, -0.25) is 0 Å². The van der Waals surface area contributed by atoms with Gasteiger partial charge in [-0.15, -0.1) is 6.71 Å². The summed E-state index contributed by atoms with van der Waals surface area (Å²) < 4.78 is 0. The van der Waals surface area contributed by atoms with E-state index in [9.17, 15) is 0 Å². The molecule has 0 aliphatic rings. The van der Waals surface area contributed by atoms with E-state index in [2.05, 4.69) is 20.8 Å². The molecule has 0 amide bonds. The van der Waals surface area contributed by atoms with Crippen LogP contribution in [0.5, 0.6) is 0 Å². The molecular formula is C9H21BNa. The number of hydrogen-bond donors (Lipinski definition) is 0. The molecule has 0 saturated carbocycles. The first-order valence-electron chi connectivity index (χ1n) is 4.85. The first-order valence-corrected chi connectivity index (χ1v) is 4.85. The van der Waals surface area contributed by atoms with Gasteiger partial charge in [0.1, 0.15) is 0 Å². The van der Waals surface area contributed by atoms with Crippen LogP contribution in [0.15, 0.2) is 0 Å². The predicted octanol–water partition coefficient (Wildman–Crippen LogP) is 0.715. The second-order valence-corrected chi connectivity index (χ2v) is 3.23. The summed E-state index contributed by atoms with van der Waals surface area (Å²) in [6.07, 6.45) is 8.44. The van der Waals surface area contributed by atoms with Gasteiger partial charge in [-0.25, -0.2) is 19.0 Å². The minimum atomic E-state index is 0. The van der Waals surface area contributed by atoms with Crippen LogP contribution in [0.25, 0.3) is 0 Å². The average molecular weight is 163 g/mol. The molecule has 0 heterocycles. The summed E-state index contributed by atoms with van der Waals surface area (Å²) in [6.45, 7) is 7.90. The monoisotopic (exact) mass is 163 g/mol. The fraction of sp³-hybridized carbons (Fsp3) is 1.00. The van der Waals surface area contributed by atoms with Gasteiger partial charge in [0.15, 0.2) is 0 Å². The molecule has 0 saturated heterocycles. The van der Waals surface area contributed by atoms with Crippen LogP contribution in [0.4, 0.5) is 0 Å². The van der Waals surface area contributed by atoms with Crippen molar-refractivity contribution in [2.45, 2.75) is 59.0 Å². The van der Waals surface area contributed by atoms with E-state index in [4.69, 9.17) is 0 Å². The van der Waals surface area contributed by atoms with Crippen LogP contribution in [-0.2, 0) is 0 Å². The molecule has 0 atom stereocenters. The van der Waals surface area contributed by atoms with Crippen molar-refractivity contribution in [1.29, 1.82) is 0 Å². The van der Waals surface area contributed by atoms with Gasteiger partial charge in [0, 0.05) is 0 Å². The second kappa shape index (κ2) is 11.1. The van der Waals surface area contributed by atoms with Gasteiger partial charge in [-0.05, 0) is 0 Å². The largest absolute Gasteiger partial charge is 1.00 e. The van der Waals surface area contributed by atoms with Gasteiger partial charge in [-0.1, -0.05) is 40.0 Å². The van der Waals surface area contributed by atoms with Gasteiger partial charge >= 0.3 is 29.6 Å². The predicted molar refractivity (Wildman–Crippen MR) is 51.0 cm³/mol. The summed E-state index contributed by atoms with van der Waals surface area (Å²) in [7, 11) is 0. The van der Waals surface area contributed by atoms with Gasteiger partial charge in [0.05, 0.1) is 0 Å². The van der Waals surface area contributed by atoms with E-state index in [0.717, 1.165) is 6.71 Å². The molecule has 0 unspecified atom stereocenters. The molecule has 0 aromatic rings. The zero-order valence-electron chi connectivity index (χ0n) is 8.82. The second-order valence-electron chi connectivity index (χ2n) is 3.23. The Labute approximate surface area is 94.9 Å². The zero-order chi connectivity index (χ0) is 7.82. The van der Waals surface area contributed by atoms with Gasteiger partial charge in [0.25, 0.3) is 0 Å². The quantitative estimate of drug-likeness (QED) is 0.506. The van der Waals surface area contributed by atoms with E-state index in [-0.39, 0.29) is 29.6 Å². The third-order valence-corrected chi connectivity index (χ3v) is 2.09. The first-order chi connectivity index (χ1) is 4.85. The minimum Gasteiger partial charge on any atom is -0.209 e. The van der Waals surface area contributed by atoms with Gasteiger partial charge in [0.2, 0.25) is 0 Å². The van der Waals surface area contributed by atoms with E-state index < -0.39 is 0 Å². The Morgan fingerprint density at radius 2 is 1.00 bits per heavy atom. The fourth-order valence-electron chi connectivity index (χ4n) is 1.66. The van der Waals surface area contributed by atoms with E-state index >= 15 is 0 Å². The van der Waals surface area contributed by atoms with Crippen molar-refractivity contribution in [1.82, 2.24) is 0 Å². The Balaban J connectivity index is 0. The van der Waals surface area contributed by atoms with Gasteiger partial charge in [-0.2, -0.15) is 0 Å². The van der Waals surface area contributed by atoms with Crippen LogP contribution in [0, 0.1) is 0 Å². The minimum absolute atomic E-state index is 0. The molecule has 0 spiro atoms. The van der Waals surface area contributed by atoms with Crippen molar-refractivity contribution in [2.24, 2.45) is 0 Å². The number of rotatable bonds is 6. The molecule has 2 heteroatoms. The Bertz CT molecular complexity index is 52.3. The standard InChI is InChI=1S/C9H21B.Na/c1-4-7-10(8-5-2)9-6-3;/h4-9H2,1-3H3;/q-1;+1. The maximum absolute atomic E-state index is 2.29. The summed E-state index contributed by atoms with van der Waals surface area (Å²) in [6, 6.07) is 0. The molecular weight excluding hydrogens is 142 g/mol. The molecule has 0 rings (SSSR count). The van der Waals surface area contributed by atoms with Crippen molar-refractivity contribution in [3.63, 3.8) is 0 Å². The fourth-order valence-corrected chi connectivity index (χ4v) is 1.66. The molecule has 0 fully saturated rings. The van der Waals surface area contributed by atoms with Crippen LogP contribution >= 0.6 is 0 Å². The van der Waals surface area contributed by atoms with Crippen molar-refractivity contribution in [3.05, 3.63) is 0 Å². The van der Waals surface area contributed by atoms with Crippen molar-refractivity contribution in [2.75, 3.05) is 0 Å². The molecule has 1 radical (unpaired) electrons. The van der Waals surface area contributed by atoms with Crippen LogP contribution < -0.4 is 29.6 Å². The summed E-state index contributed by atoms with van der Waals surface area (Å²) >= 11 is 0. The Morgan fingerprint density at radius 3 is 1.18 bits per heavy atom. The molecule has 0 aromatic carbocycles. The van der Waals surface area contributed by atoms with Crippen LogP contribution in [-0.4, -0.2) is 6.71 Å². The summed E-state index contributed by atoms with van der Waals surface area (Å²) in [5.41, 5.74) is 0. The Morgan fingerprint density at radius 1 is 0.727 bits per heavy atom. The maximum atomic E-state index is 2.29. The van der Waals surface area contributed by atoms with Crippen molar-refractivity contribution < 1.29 is 29.6 Å². The molecule has 0 N–H and O–H groups in total. The number of hydrogen-bond acceptors (Lipinski definition) is 0. The normalized spacial score (nSPS) is 9.82. The van der Waals surface area contributed by atoms with E-state index in [1.54, 1.807) is 0 Å². The van der Waals surface area contributed by atoms with Crippen molar-refractivity contribution >= 4 is 6.71 Å². The smallest absolute Gasteiger partial charge is 0.209 e. The molecule has 0 aliphatic carbocycles. The van der Waals surface area contributed by atoms with E-state index in [1.807, 2.05) is 0 Å². The van der Waals surface area contributed by atoms with Crippen molar-refractivity contribution in [3.8, 4) is 0 Å². The van der Waals surface area contributed by atoms with E-state index in [1.165, 1.54) is 38.2 Å². The first kappa shape index (κ1) is 14.6. The van der Waals surface area contributed by atoms with Crippen LogP contribution in [0.2, 0.25) is 19.0 Å². The Hall–Kier alpha value is 1.06. The molecule has 0 aliphatic heterocycles. The Kier molecular flexibility index (Phi) is 14.7. The molecule has 0 aromatic heterocycles. The topological polar surface area (TPSA) is 0 Å². The molecule has 11 heavy (non-hydrogen) atoms. The SMILES string of the molecule is CCC[B-](CCC)CCC.[Na+]. The van der Waals surface area contributed by atoms with Gasteiger partial charge < -0.3 is 0 Å². The third-order valence-electron chi connectivity index (χ3n) is 2.09.